The second-order valence-electron chi connectivity index (χ2n) is 4.47. The van der Waals surface area contributed by atoms with Crippen molar-refractivity contribution in [2.45, 2.75) is 46.0 Å². The average molecular weight is 220 g/mol. The third-order valence-electron chi connectivity index (χ3n) is 3.23. The molecule has 0 aliphatic heterocycles. The summed E-state index contributed by atoms with van der Waals surface area (Å²) < 4.78 is 5.17. The molecule has 0 amide bonds. The molecule has 0 fully saturated rings. The highest BCUT2D eigenvalue weighted by atomic mass is 16.5. The minimum absolute atomic E-state index is 0.841. The molecule has 1 unspecified atom stereocenters. The molecule has 0 aliphatic carbocycles. The van der Waals surface area contributed by atoms with Gasteiger partial charge >= 0.3 is 0 Å². The first-order valence-corrected chi connectivity index (χ1v) is 6.43. The highest BCUT2D eigenvalue weighted by molar-refractivity contribution is 5.27. The molecule has 1 aromatic carbocycles. The molecule has 0 heterocycles. The lowest BCUT2D eigenvalue weighted by Crippen LogP contribution is -2.03. The average Bonchev–Trinajstić information content (AvgIpc) is 2.35. The molecule has 1 rings (SSSR count). The number of ether oxygens (including phenoxy) is 1. The zero-order chi connectivity index (χ0) is 11.8. The third kappa shape index (κ3) is 4.26. The standard InChI is InChI=1S/C15H24O/c1-4-6-7-13(5-2)12-14-8-10-15(16-3)11-9-14/h8-11,13H,4-7,12H2,1-3H3. The Morgan fingerprint density at radius 3 is 2.31 bits per heavy atom. The SMILES string of the molecule is CCCCC(CC)Cc1ccc(OC)cc1. The first kappa shape index (κ1) is 13.1. The van der Waals surface area contributed by atoms with E-state index in [-0.39, 0.29) is 0 Å². The normalized spacial score (nSPS) is 12.4. The molecule has 1 heteroatoms. The Morgan fingerprint density at radius 2 is 1.81 bits per heavy atom. The van der Waals surface area contributed by atoms with Crippen molar-refractivity contribution in [3.05, 3.63) is 29.8 Å². The zero-order valence-corrected chi connectivity index (χ0v) is 10.8. The second-order valence-corrected chi connectivity index (χ2v) is 4.47. The minimum atomic E-state index is 0.841. The van der Waals surface area contributed by atoms with E-state index >= 15 is 0 Å². The van der Waals surface area contributed by atoms with Crippen LogP contribution in [0.1, 0.15) is 45.1 Å². The Hall–Kier alpha value is -0.980. The topological polar surface area (TPSA) is 9.23 Å². The summed E-state index contributed by atoms with van der Waals surface area (Å²) in [5.41, 5.74) is 1.43. The van der Waals surface area contributed by atoms with Gasteiger partial charge in [0.25, 0.3) is 0 Å². The van der Waals surface area contributed by atoms with Gasteiger partial charge in [0.2, 0.25) is 0 Å². The Labute approximate surface area is 99.8 Å². The quantitative estimate of drug-likeness (QED) is 0.659. The Balaban J connectivity index is 2.49. The minimum Gasteiger partial charge on any atom is -0.497 e. The van der Waals surface area contributed by atoms with Crippen molar-refractivity contribution in [1.29, 1.82) is 0 Å². The van der Waals surface area contributed by atoms with Crippen LogP contribution in [0.2, 0.25) is 0 Å². The van der Waals surface area contributed by atoms with Crippen LogP contribution in [0, 0.1) is 5.92 Å². The molecule has 0 aliphatic rings. The number of unbranched alkanes of at least 4 members (excludes halogenated alkanes) is 1. The second kappa shape index (κ2) is 7.32. The maximum Gasteiger partial charge on any atom is 0.118 e. The fourth-order valence-electron chi connectivity index (χ4n) is 2.04. The van der Waals surface area contributed by atoms with Crippen molar-refractivity contribution in [1.82, 2.24) is 0 Å². The molecule has 0 radical (unpaired) electrons. The van der Waals surface area contributed by atoms with Gasteiger partial charge in [-0.1, -0.05) is 51.7 Å². The Kier molecular flexibility index (Phi) is 5.99. The predicted molar refractivity (Wildman–Crippen MR) is 70.0 cm³/mol. The van der Waals surface area contributed by atoms with Crippen LogP contribution >= 0.6 is 0 Å². The fourth-order valence-corrected chi connectivity index (χ4v) is 2.04. The molecular formula is C15H24O. The zero-order valence-electron chi connectivity index (χ0n) is 10.8. The molecule has 0 spiro atoms. The van der Waals surface area contributed by atoms with Gasteiger partial charge < -0.3 is 4.74 Å². The molecule has 0 saturated heterocycles. The number of methoxy groups -OCH3 is 1. The van der Waals surface area contributed by atoms with Crippen molar-refractivity contribution < 1.29 is 4.74 Å². The Bertz CT molecular complexity index is 276. The number of hydrogen-bond acceptors (Lipinski definition) is 1. The molecular weight excluding hydrogens is 196 g/mol. The van der Waals surface area contributed by atoms with Crippen LogP contribution < -0.4 is 4.74 Å². The van der Waals surface area contributed by atoms with Crippen molar-refractivity contribution in [2.24, 2.45) is 5.92 Å². The van der Waals surface area contributed by atoms with Gasteiger partial charge in [0, 0.05) is 0 Å². The van der Waals surface area contributed by atoms with Crippen molar-refractivity contribution in [3.8, 4) is 5.75 Å². The lowest BCUT2D eigenvalue weighted by atomic mass is 9.92. The largest absolute Gasteiger partial charge is 0.497 e. The molecule has 1 nitrogen and oxygen atoms in total. The van der Waals surface area contributed by atoms with Crippen LogP contribution in [0.3, 0.4) is 0 Å². The van der Waals surface area contributed by atoms with Gasteiger partial charge in [-0.2, -0.15) is 0 Å². The summed E-state index contributed by atoms with van der Waals surface area (Å²) in [6, 6.07) is 8.49. The fraction of sp³-hybridized carbons (Fsp3) is 0.600. The van der Waals surface area contributed by atoms with E-state index in [9.17, 15) is 0 Å². The van der Waals surface area contributed by atoms with Gasteiger partial charge in [0.1, 0.15) is 5.75 Å². The van der Waals surface area contributed by atoms with E-state index in [1.165, 1.54) is 37.7 Å². The molecule has 0 N–H and O–H groups in total. The molecule has 0 aromatic heterocycles. The number of rotatable bonds is 7. The van der Waals surface area contributed by atoms with Gasteiger partial charge in [-0.15, -0.1) is 0 Å². The predicted octanol–water partition coefficient (Wildman–Crippen LogP) is 4.45. The van der Waals surface area contributed by atoms with Gasteiger partial charge in [0.15, 0.2) is 0 Å². The highest BCUT2D eigenvalue weighted by Crippen LogP contribution is 2.20. The van der Waals surface area contributed by atoms with E-state index in [1.807, 2.05) is 0 Å². The lowest BCUT2D eigenvalue weighted by Gasteiger charge is -2.14. The molecule has 1 aromatic rings. The lowest BCUT2D eigenvalue weighted by molar-refractivity contribution is 0.414. The smallest absolute Gasteiger partial charge is 0.118 e. The molecule has 0 saturated carbocycles. The van der Waals surface area contributed by atoms with Crippen molar-refractivity contribution >= 4 is 0 Å². The van der Waals surface area contributed by atoms with Gasteiger partial charge in [-0.25, -0.2) is 0 Å². The first-order valence-electron chi connectivity index (χ1n) is 6.43. The molecule has 16 heavy (non-hydrogen) atoms. The maximum atomic E-state index is 5.17. The van der Waals surface area contributed by atoms with Crippen LogP contribution in [-0.2, 0) is 6.42 Å². The van der Waals surface area contributed by atoms with Crippen LogP contribution in [0.5, 0.6) is 5.75 Å². The summed E-state index contributed by atoms with van der Waals surface area (Å²) in [5.74, 6) is 1.79. The summed E-state index contributed by atoms with van der Waals surface area (Å²) in [5, 5.41) is 0. The van der Waals surface area contributed by atoms with E-state index in [1.54, 1.807) is 7.11 Å². The summed E-state index contributed by atoms with van der Waals surface area (Å²) in [6.45, 7) is 4.56. The van der Waals surface area contributed by atoms with Gasteiger partial charge in [-0.05, 0) is 30.0 Å². The maximum absolute atomic E-state index is 5.17. The Morgan fingerprint density at radius 1 is 1.12 bits per heavy atom. The molecule has 90 valence electrons. The van der Waals surface area contributed by atoms with Gasteiger partial charge in [-0.3, -0.25) is 0 Å². The van der Waals surface area contributed by atoms with E-state index in [0.717, 1.165) is 11.7 Å². The van der Waals surface area contributed by atoms with Crippen LogP contribution in [0.15, 0.2) is 24.3 Å². The highest BCUT2D eigenvalue weighted by Gasteiger charge is 2.06. The van der Waals surface area contributed by atoms with Crippen LogP contribution in [0.25, 0.3) is 0 Å². The first-order chi connectivity index (χ1) is 7.80. The van der Waals surface area contributed by atoms with E-state index < -0.39 is 0 Å². The van der Waals surface area contributed by atoms with Crippen LogP contribution in [0.4, 0.5) is 0 Å². The van der Waals surface area contributed by atoms with E-state index in [0.29, 0.717) is 0 Å². The monoisotopic (exact) mass is 220 g/mol. The molecule has 1 atom stereocenters. The summed E-state index contributed by atoms with van der Waals surface area (Å²) in [7, 11) is 1.71. The summed E-state index contributed by atoms with van der Waals surface area (Å²) in [6.07, 6.45) is 6.51. The summed E-state index contributed by atoms with van der Waals surface area (Å²) in [4.78, 5) is 0. The van der Waals surface area contributed by atoms with E-state index in [4.69, 9.17) is 4.74 Å². The number of hydrogen-bond donors (Lipinski definition) is 0. The summed E-state index contributed by atoms with van der Waals surface area (Å²) >= 11 is 0. The third-order valence-corrected chi connectivity index (χ3v) is 3.23. The van der Waals surface area contributed by atoms with Gasteiger partial charge in [0.05, 0.1) is 7.11 Å². The number of benzene rings is 1. The van der Waals surface area contributed by atoms with E-state index in [2.05, 4.69) is 38.1 Å². The van der Waals surface area contributed by atoms with Crippen molar-refractivity contribution in [2.75, 3.05) is 7.11 Å². The molecule has 0 bridgehead atoms. The van der Waals surface area contributed by atoms with Crippen molar-refractivity contribution in [3.63, 3.8) is 0 Å². The van der Waals surface area contributed by atoms with Crippen LogP contribution in [-0.4, -0.2) is 7.11 Å².